The molecule has 5 heteroatoms. The van der Waals surface area contributed by atoms with Gasteiger partial charge in [-0.05, 0) is 66.8 Å². The maximum atomic E-state index is 12.9. The van der Waals surface area contributed by atoms with Gasteiger partial charge in [0.25, 0.3) is 0 Å². The Hall–Kier alpha value is -2.82. The Balaban J connectivity index is 2.40. The highest BCUT2D eigenvalue weighted by Crippen LogP contribution is 2.29. The molecule has 0 saturated heterocycles. The first-order valence-electron chi connectivity index (χ1n) is 8.04. The predicted octanol–water partition coefficient (Wildman–Crippen LogP) is 3.83. The van der Waals surface area contributed by atoms with E-state index in [1.54, 1.807) is 38.1 Å². The Morgan fingerprint density at radius 1 is 1.08 bits per heavy atom. The number of aryl methyl sites for hydroxylation is 2. The summed E-state index contributed by atoms with van der Waals surface area (Å²) >= 11 is 0. The van der Waals surface area contributed by atoms with Crippen molar-refractivity contribution >= 4 is 11.8 Å². The second-order valence-corrected chi connectivity index (χ2v) is 6.37. The van der Waals surface area contributed by atoms with Gasteiger partial charge in [0, 0.05) is 11.1 Å². The van der Waals surface area contributed by atoms with Crippen molar-refractivity contribution in [2.75, 3.05) is 6.61 Å². The molecule has 0 aliphatic carbocycles. The number of ether oxygens (including phenoxy) is 1. The number of phenolic OH excluding ortho intramolecular Hbond substituents is 1. The highest BCUT2D eigenvalue weighted by molar-refractivity contribution is 6.11. The van der Waals surface area contributed by atoms with Gasteiger partial charge in [0.15, 0.2) is 12.4 Å². The van der Waals surface area contributed by atoms with E-state index in [9.17, 15) is 14.7 Å². The molecule has 0 aromatic heterocycles. The van der Waals surface area contributed by atoms with Crippen molar-refractivity contribution in [3.05, 3.63) is 58.1 Å². The highest BCUT2D eigenvalue weighted by Gasteiger charge is 2.18. The third-order valence-corrected chi connectivity index (χ3v) is 4.01. The Morgan fingerprint density at radius 3 is 2.20 bits per heavy atom. The van der Waals surface area contributed by atoms with Gasteiger partial charge in [0.2, 0.25) is 0 Å². The second-order valence-electron chi connectivity index (χ2n) is 6.37. The molecule has 0 saturated carbocycles. The average Bonchev–Trinajstić information content (AvgIpc) is 2.52. The van der Waals surface area contributed by atoms with Crippen molar-refractivity contribution < 1.29 is 24.5 Å². The molecule has 0 radical (unpaired) electrons. The fourth-order valence-corrected chi connectivity index (χ4v) is 2.81. The molecule has 0 unspecified atom stereocenters. The van der Waals surface area contributed by atoms with Crippen LogP contribution < -0.4 is 4.74 Å². The van der Waals surface area contributed by atoms with Gasteiger partial charge in [-0.2, -0.15) is 0 Å². The lowest BCUT2D eigenvalue weighted by Gasteiger charge is -2.14. The van der Waals surface area contributed by atoms with Crippen LogP contribution in [0, 0.1) is 13.8 Å². The van der Waals surface area contributed by atoms with Crippen molar-refractivity contribution in [1.29, 1.82) is 0 Å². The van der Waals surface area contributed by atoms with E-state index in [0.29, 0.717) is 28.0 Å². The SMILES string of the molecule is Cc1cc(OCC(=O)O)cc(C)c1C(=O)c1ccc(O)c(C(C)C)c1. The number of aliphatic carboxylic acids is 1. The molecule has 0 amide bonds. The van der Waals surface area contributed by atoms with Gasteiger partial charge in [-0.15, -0.1) is 0 Å². The Bertz CT molecular complexity index is 798. The van der Waals surface area contributed by atoms with Crippen molar-refractivity contribution in [2.24, 2.45) is 0 Å². The zero-order valence-corrected chi connectivity index (χ0v) is 14.8. The van der Waals surface area contributed by atoms with E-state index in [4.69, 9.17) is 9.84 Å². The number of aromatic hydroxyl groups is 1. The van der Waals surface area contributed by atoms with Crippen molar-refractivity contribution in [3.63, 3.8) is 0 Å². The molecule has 0 atom stereocenters. The fourth-order valence-electron chi connectivity index (χ4n) is 2.81. The second kappa shape index (κ2) is 7.38. The predicted molar refractivity (Wildman–Crippen MR) is 94.7 cm³/mol. The summed E-state index contributed by atoms with van der Waals surface area (Å²) < 4.78 is 5.19. The molecule has 2 N–H and O–H groups in total. The van der Waals surface area contributed by atoms with E-state index >= 15 is 0 Å². The summed E-state index contributed by atoms with van der Waals surface area (Å²) in [7, 11) is 0. The lowest BCUT2D eigenvalue weighted by atomic mass is 9.92. The zero-order valence-electron chi connectivity index (χ0n) is 14.8. The van der Waals surface area contributed by atoms with Gasteiger partial charge in [-0.25, -0.2) is 4.79 Å². The van der Waals surface area contributed by atoms with Gasteiger partial charge in [0.1, 0.15) is 11.5 Å². The monoisotopic (exact) mass is 342 g/mol. The number of hydrogen-bond acceptors (Lipinski definition) is 4. The third kappa shape index (κ3) is 4.18. The smallest absolute Gasteiger partial charge is 0.341 e. The number of rotatable bonds is 6. The van der Waals surface area contributed by atoms with E-state index < -0.39 is 12.6 Å². The summed E-state index contributed by atoms with van der Waals surface area (Å²) in [5, 5.41) is 18.6. The van der Waals surface area contributed by atoms with Gasteiger partial charge in [-0.1, -0.05) is 13.8 Å². The van der Waals surface area contributed by atoms with Crippen LogP contribution in [-0.2, 0) is 4.79 Å². The first-order chi connectivity index (χ1) is 11.7. The molecule has 132 valence electrons. The maximum absolute atomic E-state index is 12.9. The van der Waals surface area contributed by atoms with Gasteiger partial charge >= 0.3 is 5.97 Å². The first-order valence-corrected chi connectivity index (χ1v) is 8.04. The molecule has 2 rings (SSSR count). The quantitative estimate of drug-likeness (QED) is 0.780. The summed E-state index contributed by atoms with van der Waals surface area (Å²) in [6.45, 7) is 7.06. The summed E-state index contributed by atoms with van der Waals surface area (Å²) in [4.78, 5) is 23.6. The molecule has 2 aromatic carbocycles. The van der Waals surface area contributed by atoms with Crippen molar-refractivity contribution in [2.45, 2.75) is 33.6 Å². The Labute approximate surface area is 146 Å². The number of ketones is 1. The maximum Gasteiger partial charge on any atom is 0.341 e. The van der Waals surface area contributed by atoms with Crippen LogP contribution in [0.3, 0.4) is 0 Å². The Kier molecular flexibility index (Phi) is 5.47. The largest absolute Gasteiger partial charge is 0.508 e. The van der Waals surface area contributed by atoms with Crippen LogP contribution in [0.4, 0.5) is 0 Å². The van der Waals surface area contributed by atoms with E-state index in [2.05, 4.69) is 0 Å². The normalized spacial score (nSPS) is 10.8. The number of benzene rings is 2. The number of carbonyl (C=O) groups excluding carboxylic acids is 1. The summed E-state index contributed by atoms with van der Waals surface area (Å²) in [6.07, 6.45) is 0. The summed E-state index contributed by atoms with van der Waals surface area (Å²) in [5.74, 6) is -0.496. The standard InChI is InChI=1S/C20H22O5/c1-11(2)16-9-14(5-6-17(16)21)20(24)19-12(3)7-15(8-13(19)4)25-10-18(22)23/h5-9,11,21H,10H2,1-4H3,(H,22,23). The minimum Gasteiger partial charge on any atom is -0.508 e. The number of carboxylic acid groups (broad SMARTS) is 1. The van der Waals surface area contributed by atoms with Crippen LogP contribution >= 0.6 is 0 Å². The van der Waals surface area contributed by atoms with Crippen LogP contribution in [0.5, 0.6) is 11.5 Å². The van der Waals surface area contributed by atoms with Gasteiger partial charge < -0.3 is 14.9 Å². The lowest BCUT2D eigenvalue weighted by Crippen LogP contribution is -2.11. The molecule has 0 bridgehead atoms. The zero-order chi connectivity index (χ0) is 18.7. The molecule has 0 aliphatic heterocycles. The van der Waals surface area contributed by atoms with Crippen LogP contribution in [0.25, 0.3) is 0 Å². The van der Waals surface area contributed by atoms with E-state index in [1.165, 1.54) is 6.07 Å². The van der Waals surface area contributed by atoms with E-state index in [-0.39, 0.29) is 17.5 Å². The topological polar surface area (TPSA) is 83.8 Å². The number of carboxylic acids is 1. The van der Waals surface area contributed by atoms with Crippen LogP contribution in [-0.4, -0.2) is 28.6 Å². The van der Waals surface area contributed by atoms with E-state index in [0.717, 1.165) is 5.56 Å². The number of hydrogen-bond donors (Lipinski definition) is 2. The van der Waals surface area contributed by atoms with Gasteiger partial charge in [0.05, 0.1) is 0 Å². The molecule has 2 aromatic rings. The lowest BCUT2D eigenvalue weighted by molar-refractivity contribution is -0.139. The van der Waals surface area contributed by atoms with Crippen molar-refractivity contribution in [3.8, 4) is 11.5 Å². The fraction of sp³-hybridized carbons (Fsp3) is 0.300. The number of phenols is 1. The molecular weight excluding hydrogens is 320 g/mol. The minimum atomic E-state index is -1.05. The van der Waals surface area contributed by atoms with Gasteiger partial charge in [-0.3, -0.25) is 4.79 Å². The van der Waals surface area contributed by atoms with Crippen LogP contribution in [0.15, 0.2) is 30.3 Å². The molecule has 0 fully saturated rings. The molecular formula is C20H22O5. The summed E-state index contributed by atoms with van der Waals surface area (Å²) in [5.41, 5.74) is 3.21. The minimum absolute atomic E-state index is 0.0988. The average molecular weight is 342 g/mol. The number of carbonyl (C=O) groups is 2. The summed E-state index contributed by atoms with van der Waals surface area (Å²) in [6, 6.07) is 8.19. The highest BCUT2D eigenvalue weighted by atomic mass is 16.5. The van der Waals surface area contributed by atoms with Crippen molar-refractivity contribution in [1.82, 2.24) is 0 Å². The van der Waals surface area contributed by atoms with Crippen LogP contribution in [0.2, 0.25) is 0 Å². The molecule has 5 nitrogen and oxygen atoms in total. The molecule has 0 spiro atoms. The third-order valence-electron chi connectivity index (χ3n) is 4.01. The molecule has 25 heavy (non-hydrogen) atoms. The van der Waals surface area contributed by atoms with Crippen LogP contribution in [0.1, 0.15) is 52.4 Å². The molecule has 0 aliphatic rings. The Morgan fingerprint density at radius 2 is 1.68 bits per heavy atom. The first kappa shape index (κ1) is 18.5. The molecule has 0 heterocycles. The van der Waals surface area contributed by atoms with E-state index in [1.807, 2.05) is 13.8 Å².